The SMILES string of the molecule is CC1CC(C)N(Cc2c(O)ccc3ccccc23)C1. The maximum absolute atomic E-state index is 10.2. The summed E-state index contributed by atoms with van der Waals surface area (Å²) < 4.78 is 0. The van der Waals surface area contributed by atoms with Gasteiger partial charge in [-0.1, -0.05) is 37.3 Å². The van der Waals surface area contributed by atoms with Crippen LogP contribution in [0.1, 0.15) is 25.8 Å². The molecule has 0 aromatic heterocycles. The van der Waals surface area contributed by atoms with Crippen LogP contribution in [0.15, 0.2) is 36.4 Å². The maximum atomic E-state index is 10.2. The van der Waals surface area contributed by atoms with Gasteiger partial charge < -0.3 is 5.11 Å². The number of nitrogens with zero attached hydrogens (tertiary/aromatic N) is 1. The normalized spacial score (nSPS) is 24.1. The number of rotatable bonds is 2. The summed E-state index contributed by atoms with van der Waals surface area (Å²) in [6.07, 6.45) is 1.26. The van der Waals surface area contributed by atoms with Gasteiger partial charge >= 0.3 is 0 Å². The average Bonchev–Trinajstić information content (AvgIpc) is 2.71. The molecule has 2 aromatic rings. The Morgan fingerprint density at radius 2 is 1.95 bits per heavy atom. The van der Waals surface area contributed by atoms with Crippen molar-refractivity contribution in [1.82, 2.24) is 4.90 Å². The van der Waals surface area contributed by atoms with Crippen LogP contribution in [-0.2, 0) is 6.54 Å². The predicted octanol–water partition coefficient (Wildman–Crippen LogP) is 3.78. The lowest BCUT2D eigenvalue weighted by Crippen LogP contribution is -2.26. The lowest BCUT2D eigenvalue weighted by atomic mass is 10.0. The molecule has 100 valence electrons. The molecule has 19 heavy (non-hydrogen) atoms. The minimum atomic E-state index is 0.422. The van der Waals surface area contributed by atoms with Gasteiger partial charge in [0.15, 0.2) is 0 Å². The fraction of sp³-hybridized carbons (Fsp3) is 0.412. The Labute approximate surface area is 114 Å². The second-order valence-corrected chi connectivity index (χ2v) is 5.90. The van der Waals surface area contributed by atoms with Gasteiger partial charge in [-0.05, 0) is 36.1 Å². The van der Waals surface area contributed by atoms with Crippen LogP contribution >= 0.6 is 0 Å². The summed E-state index contributed by atoms with van der Waals surface area (Å²) in [6, 6.07) is 12.7. The number of aromatic hydroxyl groups is 1. The third-order valence-electron chi connectivity index (χ3n) is 4.29. The van der Waals surface area contributed by atoms with Crippen LogP contribution in [0.2, 0.25) is 0 Å². The summed E-state index contributed by atoms with van der Waals surface area (Å²) >= 11 is 0. The third-order valence-corrected chi connectivity index (χ3v) is 4.29. The number of fused-ring (bicyclic) bond motifs is 1. The van der Waals surface area contributed by atoms with E-state index in [1.807, 2.05) is 24.3 Å². The first-order chi connectivity index (χ1) is 9.15. The van der Waals surface area contributed by atoms with Gasteiger partial charge in [0.05, 0.1) is 0 Å². The Bertz CT molecular complexity index is 593. The number of hydrogen-bond acceptors (Lipinski definition) is 2. The highest BCUT2D eigenvalue weighted by atomic mass is 16.3. The molecule has 1 saturated heterocycles. The lowest BCUT2D eigenvalue weighted by molar-refractivity contribution is 0.254. The molecule has 0 saturated carbocycles. The molecule has 2 unspecified atom stereocenters. The molecule has 3 rings (SSSR count). The van der Waals surface area contributed by atoms with Crippen LogP contribution in [-0.4, -0.2) is 22.6 Å². The summed E-state index contributed by atoms with van der Waals surface area (Å²) in [5.41, 5.74) is 1.07. The van der Waals surface area contributed by atoms with Crippen molar-refractivity contribution >= 4 is 10.8 Å². The zero-order valence-electron chi connectivity index (χ0n) is 11.6. The van der Waals surface area contributed by atoms with Crippen LogP contribution in [0, 0.1) is 5.92 Å². The van der Waals surface area contributed by atoms with Gasteiger partial charge in [-0.2, -0.15) is 0 Å². The quantitative estimate of drug-likeness (QED) is 0.883. The third kappa shape index (κ3) is 2.33. The second kappa shape index (κ2) is 4.86. The number of likely N-dealkylation sites (tertiary alicyclic amines) is 1. The molecule has 0 spiro atoms. The van der Waals surface area contributed by atoms with Gasteiger partial charge in [0.2, 0.25) is 0 Å². The van der Waals surface area contributed by atoms with Crippen molar-refractivity contribution in [3.8, 4) is 5.75 Å². The monoisotopic (exact) mass is 255 g/mol. The molecule has 1 heterocycles. The Morgan fingerprint density at radius 1 is 1.16 bits per heavy atom. The Hall–Kier alpha value is -1.54. The molecule has 0 aliphatic carbocycles. The van der Waals surface area contributed by atoms with E-state index in [4.69, 9.17) is 0 Å². The van der Waals surface area contributed by atoms with Crippen LogP contribution in [0.25, 0.3) is 10.8 Å². The summed E-state index contributed by atoms with van der Waals surface area (Å²) in [5.74, 6) is 1.18. The van der Waals surface area contributed by atoms with E-state index in [0.717, 1.165) is 24.6 Å². The largest absolute Gasteiger partial charge is 0.508 e. The van der Waals surface area contributed by atoms with Crippen molar-refractivity contribution in [2.45, 2.75) is 32.9 Å². The lowest BCUT2D eigenvalue weighted by Gasteiger charge is -2.22. The van der Waals surface area contributed by atoms with Gasteiger partial charge in [-0.3, -0.25) is 4.90 Å². The van der Waals surface area contributed by atoms with Crippen molar-refractivity contribution in [2.24, 2.45) is 5.92 Å². The second-order valence-electron chi connectivity index (χ2n) is 5.90. The van der Waals surface area contributed by atoms with Crippen molar-refractivity contribution in [1.29, 1.82) is 0 Å². The smallest absolute Gasteiger partial charge is 0.120 e. The van der Waals surface area contributed by atoms with E-state index in [-0.39, 0.29) is 0 Å². The molecule has 2 heteroatoms. The number of benzene rings is 2. The van der Waals surface area contributed by atoms with Crippen molar-refractivity contribution in [3.05, 3.63) is 42.0 Å². The van der Waals surface area contributed by atoms with Gasteiger partial charge in [-0.15, -0.1) is 0 Å². The van der Waals surface area contributed by atoms with E-state index in [1.54, 1.807) is 0 Å². The molecule has 2 atom stereocenters. The van der Waals surface area contributed by atoms with Crippen LogP contribution < -0.4 is 0 Å². The highest BCUT2D eigenvalue weighted by Gasteiger charge is 2.26. The molecule has 0 amide bonds. The molecule has 1 N–H and O–H groups in total. The van der Waals surface area contributed by atoms with Crippen LogP contribution in [0.3, 0.4) is 0 Å². The molecule has 1 fully saturated rings. The highest BCUT2D eigenvalue weighted by molar-refractivity contribution is 5.87. The Morgan fingerprint density at radius 3 is 2.68 bits per heavy atom. The predicted molar refractivity (Wildman–Crippen MR) is 79.3 cm³/mol. The first kappa shape index (κ1) is 12.5. The molecule has 1 aliphatic rings. The number of phenolic OH excluding ortho intramolecular Hbond substituents is 1. The van der Waals surface area contributed by atoms with E-state index < -0.39 is 0 Å². The van der Waals surface area contributed by atoms with Gasteiger partial charge in [0.25, 0.3) is 0 Å². The summed E-state index contributed by atoms with van der Waals surface area (Å²) in [5, 5.41) is 12.6. The zero-order chi connectivity index (χ0) is 13.4. The average molecular weight is 255 g/mol. The number of phenols is 1. The van der Waals surface area contributed by atoms with E-state index in [2.05, 4.69) is 30.9 Å². The minimum Gasteiger partial charge on any atom is -0.508 e. The first-order valence-corrected chi connectivity index (χ1v) is 7.09. The minimum absolute atomic E-state index is 0.422. The summed E-state index contributed by atoms with van der Waals surface area (Å²) in [7, 11) is 0. The standard InChI is InChI=1S/C17H21NO/c1-12-9-13(2)18(10-12)11-16-15-6-4-3-5-14(15)7-8-17(16)19/h3-8,12-13,19H,9-11H2,1-2H3. The van der Waals surface area contributed by atoms with Crippen molar-refractivity contribution in [2.75, 3.05) is 6.54 Å². The van der Waals surface area contributed by atoms with E-state index in [0.29, 0.717) is 11.8 Å². The van der Waals surface area contributed by atoms with Gasteiger partial charge in [0, 0.05) is 24.7 Å². The van der Waals surface area contributed by atoms with Crippen LogP contribution in [0.4, 0.5) is 0 Å². The topological polar surface area (TPSA) is 23.5 Å². The molecule has 0 radical (unpaired) electrons. The molecular weight excluding hydrogens is 234 g/mol. The van der Waals surface area contributed by atoms with Crippen LogP contribution in [0.5, 0.6) is 5.75 Å². The maximum Gasteiger partial charge on any atom is 0.120 e. The number of hydrogen-bond donors (Lipinski definition) is 1. The summed E-state index contributed by atoms with van der Waals surface area (Å²) in [4.78, 5) is 2.48. The summed E-state index contributed by atoms with van der Waals surface area (Å²) in [6.45, 7) is 6.56. The molecule has 2 aromatic carbocycles. The molecule has 1 aliphatic heterocycles. The van der Waals surface area contributed by atoms with E-state index >= 15 is 0 Å². The Kier molecular flexibility index (Phi) is 3.19. The van der Waals surface area contributed by atoms with Crippen molar-refractivity contribution in [3.63, 3.8) is 0 Å². The van der Waals surface area contributed by atoms with E-state index in [1.165, 1.54) is 17.2 Å². The highest BCUT2D eigenvalue weighted by Crippen LogP contribution is 2.31. The Balaban J connectivity index is 1.98. The molecular formula is C17H21NO. The zero-order valence-corrected chi connectivity index (χ0v) is 11.6. The fourth-order valence-electron chi connectivity index (χ4n) is 3.30. The molecule has 0 bridgehead atoms. The van der Waals surface area contributed by atoms with E-state index in [9.17, 15) is 5.11 Å². The first-order valence-electron chi connectivity index (χ1n) is 7.09. The van der Waals surface area contributed by atoms with Gasteiger partial charge in [0.1, 0.15) is 5.75 Å². The fourth-order valence-corrected chi connectivity index (χ4v) is 3.30. The molecule has 2 nitrogen and oxygen atoms in total. The van der Waals surface area contributed by atoms with Gasteiger partial charge in [-0.25, -0.2) is 0 Å². The van der Waals surface area contributed by atoms with Crippen molar-refractivity contribution < 1.29 is 5.11 Å².